The van der Waals surface area contributed by atoms with Crippen LogP contribution in [0.4, 0.5) is 17.1 Å². The smallest absolute Gasteiger partial charge is 0.261 e. The molecular weight excluding hydrogens is 490 g/mol. The summed E-state index contributed by atoms with van der Waals surface area (Å²) in [6.07, 6.45) is 1.76. The van der Waals surface area contributed by atoms with Crippen LogP contribution in [0.1, 0.15) is 19.8 Å². The number of nitrogens with one attached hydrogen (secondary N) is 2. The van der Waals surface area contributed by atoms with E-state index in [9.17, 15) is 13.2 Å². The van der Waals surface area contributed by atoms with E-state index in [-0.39, 0.29) is 22.1 Å². The summed E-state index contributed by atoms with van der Waals surface area (Å²) in [5, 5.41) is 11.1. The number of sulfonamides is 1. The van der Waals surface area contributed by atoms with Crippen LogP contribution < -0.4 is 14.9 Å². The third kappa shape index (κ3) is 5.34. The van der Waals surface area contributed by atoms with Crippen LogP contribution in [-0.2, 0) is 14.8 Å². The van der Waals surface area contributed by atoms with Crippen LogP contribution in [0.15, 0.2) is 82.1 Å². The molecule has 2 N–H and O–H groups in total. The van der Waals surface area contributed by atoms with Crippen molar-refractivity contribution in [2.75, 3.05) is 29.0 Å². The Kier molecular flexibility index (Phi) is 6.20. The maximum absolute atomic E-state index is 13.1. The molecule has 1 saturated carbocycles. The van der Waals surface area contributed by atoms with Crippen LogP contribution in [0.25, 0.3) is 22.9 Å². The Balaban J connectivity index is 1.32. The fourth-order valence-corrected chi connectivity index (χ4v) is 4.81. The lowest BCUT2D eigenvalue weighted by Crippen LogP contribution is -2.21. The standard InChI is InChI=1S/C27H27N5O4S/c1-27(14-15-27)26(33)28-20-10-12-21(13-11-20)31-37(34,35)23-9-5-7-19(17-23)25-30-29-24(36-25)18-6-4-8-22(16-18)32(2)3/h4-13,16-17,31H,14-15H2,1-3H3,(H,28,33). The van der Waals surface area contributed by atoms with Crippen LogP contribution >= 0.6 is 0 Å². The molecule has 1 aliphatic carbocycles. The molecule has 1 aliphatic rings. The molecule has 1 fully saturated rings. The van der Waals surface area contributed by atoms with Crippen molar-refractivity contribution >= 4 is 33.0 Å². The SMILES string of the molecule is CN(C)c1cccc(-c2nnc(-c3cccc(S(=O)(=O)Nc4ccc(NC(=O)C5(C)CC5)cc4)c3)o2)c1. The first-order valence-corrected chi connectivity index (χ1v) is 13.3. The molecule has 0 spiro atoms. The highest BCUT2D eigenvalue weighted by Gasteiger charge is 2.44. The number of carbonyl (C=O) groups excluding carboxylic acids is 1. The monoisotopic (exact) mass is 517 g/mol. The molecule has 1 amide bonds. The van der Waals surface area contributed by atoms with Gasteiger partial charge in [0, 0.05) is 47.7 Å². The third-order valence-corrected chi connectivity index (χ3v) is 7.75. The average molecular weight is 518 g/mol. The van der Waals surface area contributed by atoms with Gasteiger partial charge in [-0.25, -0.2) is 8.42 Å². The molecule has 3 aromatic carbocycles. The minimum atomic E-state index is -3.89. The van der Waals surface area contributed by atoms with Crippen LogP contribution in [0.5, 0.6) is 0 Å². The van der Waals surface area contributed by atoms with E-state index in [0.717, 1.165) is 24.1 Å². The molecule has 5 rings (SSSR count). The Morgan fingerprint density at radius 1 is 0.892 bits per heavy atom. The van der Waals surface area contributed by atoms with E-state index in [1.54, 1.807) is 36.4 Å². The summed E-state index contributed by atoms with van der Waals surface area (Å²) in [5.74, 6) is 0.534. The van der Waals surface area contributed by atoms with Crippen LogP contribution in [0.3, 0.4) is 0 Å². The zero-order valence-corrected chi connectivity index (χ0v) is 21.5. The zero-order chi connectivity index (χ0) is 26.2. The Hall–Kier alpha value is -4.18. The molecule has 1 aromatic heterocycles. The minimum absolute atomic E-state index is 0.0211. The minimum Gasteiger partial charge on any atom is -0.416 e. The van der Waals surface area contributed by atoms with Crippen LogP contribution in [0, 0.1) is 5.41 Å². The van der Waals surface area contributed by atoms with Gasteiger partial charge < -0.3 is 14.6 Å². The topological polar surface area (TPSA) is 117 Å². The summed E-state index contributed by atoms with van der Waals surface area (Å²) < 4.78 is 34.6. The lowest BCUT2D eigenvalue weighted by molar-refractivity contribution is -0.120. The second-order valence-corrected chi connectivity index (χ2v) is 11.3. The van der Waals surface area contributed by atoms with Gasteiger partial charge in [-0.05, 0) is 73.5 Å². The van der Waals surface area contributed by atoms with Gasteiger partial charge in [0.15, 0.2) is 0 Å². The van der Waals surface area contributed by atoms with Crippen molar-refractivity contribution in [2.24, 2.45) is 5.41 Å². The maximum Gasteiger partial charge on any atom is 0.261 e. The van der Waals surface area contributed by atoms with Gasteiger partial charge in [-0.1, -0.05) is 19.1 Å². The van der Waals surface area contributed by atoms with Crippen molar-refractivity contribution in [3.05, 3.63) is 72.8 Å². The molecule has 0 radical (unpaired) electrons. The molecule has 9 nitrogen and oxygen atoms in total. The lowest BCUT2D eigenvalue weighted by Gasteiger charge is -2.12. The van der Waals surface area contributed by atoms with Crippen molar-refractivity contribution in [2.45, 2.75) is 24.7 Å². The fraction of sp³-hybridized carbons (Fsp3) is 0.222. The molecule has 1 heterocycles. The van der Waals surface area contributed by atoms with E-state index in [1.165, 1.54) is 12.1 Å². The van der Waals surface area contributed by atoms with Crippen molar-refractivity contribution in [3.8, 4) is 22.9 Å². The number of rotatable bonds is 8. The van der Waals surface area contributed by atoms with Gasteiger partial charge in [0.05, 0.1) is 4.90 Å². The number of benzene rings is 3. The predicted octanol–water partition coefficient (Wildman–Crippen LogP) is 5.01. The Morgan fingerprint density at radius 2 is 1.49 bits per heavy atom. The number of carbonyl (C=O) groups is 1. The van der Waals surface area contributed by atoms with Crippen molar-refractivity contribution in [1.82, 2.24) is 10.2 Å². The van der Waals surface area contributed by atoms with Gasteiger partial charge in [-0.2, -0.15) is 0 Å². The summed E-state index contributed by atoms with van der Waals surface area (Å²) in [7, 11) is 0.00247. The molecule has 10 heteroatoms. The van der Waals surface area contributed by atoms with Gasteiger partial charge in [0.25, 0.3) is 10.0 Å². The van der Waals surface area contributed by atoms with Gasteiger partial charge in [0.1, 0.15) is 0 Å². The molecule has 0 unspecified atom stereocenters. The van der Waals surface area contributed by atoms with E-state index >= 15 is 0 Å². The van der Waals surface area contributed by atoms with E-state index < -0.39 is 10.0 Å². The molecule has 0 aliphatic heterocycles. The highest BCUT2D eigenvalue weighted by Crippen LogP contribution is 2.45. The summed E-state index contributed by atoms with van der Waals surface area (Å²) in [5.41, 5.74) is 2.94. The average Bonchev–Trinajstić information content (AvgIpc) is 3.45. The first kappa shape index (κ1) is 24.5. The number of aromatic nitrogens is 2. The molecule has 0 atom stereocenters. The fourth-order valence-electron chi connectivity index (χ4n) is 3.70. The number of nitrogens with zero attached hydrogens (tertiary/aromatic N) is 3. The van der Waals surface area contributed by atoms with Crippen LogP contribution in [-0.4, -0.2) is 38.6 Å². The van der Waals surface area contributed by atoms with Gasteiger partial charge in [-0.3, -0.25) is 9.52 Å². The third-order valence-electron chi connectivity index (χ3n) is 6.37. The highest BCUT2D eigenvalue weighted by molar-refractivity contribution is 7.92. The number of hydrogen-bond acceptors (Lipinski definition) is 7. The van der Waals surface area contributed by atoms with E-state index in [2.05, 4.69) is 20.2 Å². The zero-order valence-electron chi connectivity index (χ0n) is 20.7. The van der Waals surface area contributed by atoms with Crippen LogP contribution in [0.2, 0.25) is 0 Å². The quantitative estimate of drug-likeness (QED) is 0.337. The number of amides is 1. The second kappa shape index (κ2) is 9.36. The number of hydrogen-bond donors (Lipinski definition) is 2. The van der Waals surface area contributed by atoms with Crippen molar-refractivity contribution < 1.29 is 17.6 Å². The Labute approximate surface area is 215 Å². The molecule has 4 aromatic rings. The maximum atomic E-state index is 13.1. The van der Waals surface area contributed by atoms with Crippen molar-refractivity contribution in [3.63, 3.8) is 0 Å². The lowest BCUT2D eigenvalue weighted by atomic mass is 10.1. The molecule has 190 valence electrons. The Morgan fingerprint density at radius 3 is 2.11 bits per heavy atom. The first-order valence-electron chi connectivity index (χ1n) is 11.8. The molecular formula is C27H27N5O4S. The summed E-state index contributed by atoms with van der Waals surface area (Å²) in [4.78, 5) is 14.3. The summed E-state index contributed by atoms with van der Waals surface area (Å²) >= 11 is 0. The van der Waals surface area contributed by atoms with E-state index in [0.29, 0.717) is 22.8 Å². The van der Waals surface area contributed by atoms with E-state index in [4.69, 9.17) is 4.42 Å². The van der Waals surface area contributed by atoms with Gasteiger partial charge in [0.2, 0.25) is 17.7 Å². The number of anilines is 3. The largest absolute Gasteiger partial charge is 0.416 e. The molecule has 0 bridgehead atoms. The van der Waals surface area contributed by atoms with E-state index in [1.807, 2.05) is 50.2 Å². The summed E-state index contributed by atoms with van der Waals surface area (Å²) in [6, 6.07) is 20.6. The second-order valence-electron chi connectivity index (χ2n) is 9.58. The predicted molar refractivity (Wildman–Crippen MR) is 143 cm³/mol. The Bertz CT molecular complexity index is 1560. The molecule has 0 saturated heterocycles. The highest BCUT2D eigenvalue weighted by atomic mass is 32.2. The summed E-state index contributed by atoms with van der Waals surface area (Å²) in [6.45, 7) is 1.93. The molecule has 37 heavy (non-hydrogen) atoms. The van der Waals surface area contributed by atoms with Crippen molar-refractivity contribution in [1.29, 1.82) is 0 Å². The normalized spacial score (nSPS) is 14.1. The first-order chi connectivity index (χ1) is 17.6. The van der Waals surface area contributed by atoms with Gasteiger partial charge >= 0.3 is 0 Å². The van der Waals surface area contributed by atoms with Gasteiger partial charge in [-0.15, -0.1) is 10.2 Å².